The molecule has 0 aromatic heterocycles. The fourth-order valence-electron chi connectivity index (χ4n) is 2.35. The highest BCUT2D eigenvalue weighted by atomic mass is 16.6. The highest BCUT2D eigenvalue weighted by molar-refractivity contribution is 5.95. The van der Waals surface area contributed by atoms with Gasteiger partial charge in [-0.2, -0.15) is 0 Å². The third-order valence-corrected chi connectivity index (χ3v) is 3.68. The molecule has 25 heavy (non-hydrogen) atoms. The molecular weight excluding hydrogens is 320 g/mol. The van der Waals surface area contributed by atoms with Crippen molar-refractivity contribution in [2.75, 3.05) is 13.2 Å². The zero-order valence-corrected chi connectivity index (χ0v) is 14.5. The van der Waals surface area contributed by atoms with Gasteiger partial charge in [0.05, 0.1) is 11.5 Å². The summed E-state index contributed by atoms with van der Waals surface area (Å²) in [6.07, 6.45) is 1.58. The molecule has 0 saturated heterocycles. The zero-order chi connectivity index (χ0) is 18.2. The Hall–Kier alpha value is -2.89. The van der Waals surface area contributed by atoms with E-state index in [1.165, 1.54) is 17.7 Å². The molecule has 0 aliphatic carbocycles. The predicted octanol–water partition coefficient (Wildman–Crippen LogP) is 3.80. The highest BCUT2D eigenvalue weighted by Gasteiger charge is 2.12. The molecule has 6 heteroatoms. The SMILES string of the molecule is Cc1ccc(OCCCCNC(=O)c2cc(C)cc([N+](=O)[O-])c2)cc1. The number of hydrogen-bond donors (Lipinski definition) is 1. The highest BCUT2D eigenvalue weighted by Crippen LogP contribution is 2.16. The van der Waals surface area contributed by atoms with Crippen LogP contribution in [0.15, 0.2) is 42.5 Å². The minimum atomic E-state index is -0.494. The van der Waals surface area contributed by atoms with Gasteiger partial charge in [0, 0.05) is 24.2 Å². The van der Waals surface area contributed by atoms with Crippen LogP contribution in [0.4, 0.5) is 5.69 Å². The minimum Gasteiger partial charge on any atom is -0.494 e. The van der Waals surface area contributed by atoms with Crippen molar-refractivity contribution in [3.05, 3.63) is 69.3 Å². The van der Waals surface area contributed by atoms with Gasteiger partial charge in [-0.15, -0.1) is 0 Å². The maximum Gasteiger partial charge on any atom is 0.270 e. The Labute approximate surface area is 147 Å². The summed E-state index contributed by atoms with van der Waals surface area (Å²) >= 11 is 0. The Morgan fingerprint density at radius 1 is 1.08 bits per heavy atom. The summed E-state index contributed by atoms with van der Waals surface area (Å²) in [7, 11) is 0. The second-order valence-electron chi connectivity index (χ2n) is 5.94. The molecule has 0 aliphatic rings. The first kappa shape index (κ1) is 18.4. The van der Waals surface area contributed by atoms with E-state index in [9.17, 15) is 14.9 Å². The quantitative estimate of drug-likeness (QED) is 0.449. The van der Waals surface area contributed by atoms with Crippen molar-refractivity contribution in [2.24, 2.45) is 0 Å². The van der Waals surface area contributed by atoms with Crippen LogP contribution in [-0.4, -0.2) is 24.0 Å². The van der Waals surface area contributed by atoms with Gasteiger partial charge in [0.25, 0.3) is 11.6 Å². The topological polar surface area (TPSA) is 81.5 Å². The lowest BCUT2D eigenvalue weighted by atomic mass is 10.1. The van der Waals surface area contributed by atoms with Crippen LogP contribution in [0.2, 0.25) is 0 Å². The number of nitrogens with zero attached hydrogens (tertiary/aromatic N) is 1. The first-order valence-electron chi connectivity index (χ1n) is 8.19. The first-order valence-corrected chi connectivity index (χ1v) is 8.19. The van der Waals surface area contributed by atoms with E-state index in [1.807, 2.05) is 31.2 Å². The number of nitro groups is 1. The number of carbonyl (C=O) groups excluding carboxylic acids is 1. The van der Waals surface area contributed by atoms with Gasteiger partial charge in [-0.25, -0.2) is 0 Å². The third-order valence-electron chi connectivity index (χ3n) is 3.68. The van der Waals surface area contributed by atoms with E-state index in [4.69, 9.17) is 4.74 Å². The van der Waals surface area contributed by atoms with Crippen LogP contribution in [0.1, 0.15) is 34.3 Å². The molecule has 0 spiro atoms. The molecule has 0 radical (unpaired) electrons. The lowest BCUT2D eigenvalue weighted by Gasteiger charge is -2.08. The lowest BCUT2D eigenvalue weighted by molar-refractivity contribution is -0.384. The molecule has 0 heterocycles. The Kier molecular flexibility index (Phi) is 6.51. The zero-order valence-electron chi connectivity index (χ0n) is 14.5. The van der Waals surface area contributed by atoms with Crippen LogP contribution in [0.25, 0.3) is 0 Å². The van der Waals surface area contributed by atoms with E-state index in [2.05, 4.69) is 5.32 Å². The number of carbonyl (C=O) groups is 1. The normalized spacial score (nSPS) is 10.3. The molecule has 132 valence electrons. The van der Waals surface area contributed by atoms with E-state index in [0.717, 1.165) is 18.6 Å². The smallest absolute Gasteiger partial charge is 0.270 e. The molecule has 2 rings (SSSR count). The van der Waals surface area contributed by atoms with Crippen LogP contribution >= 0.6 is 0 Å². The second-order valence-corrected chi connectivity index (χ2v) is 5.94. The largest absolute Gasteiger partial charge is 0.494 e. The number of aryl methyl sites for hydroxylation is 2. The van der Waals surface area contributed by atoms with E-state index in [-0.39, 0.29) is 11.6 Å². The first-order chi connectivity index (χ1) is 12.0. The fraction of sp³-hybridized carbons (Fsp3) is 0.316. The third kappa shape index (κ3) is 5.91. The second kappa shape index (κ2) is 8.82. The fourth-order valence-corrected chi connectivity index (χ4v) is 2.35. The standard InChI is InChI=1S/C19H22N2O4/c1-14-5-7-18(8-6-14)25-10-4-3-9-20-19(22)16-11-15(2)12-17(13-16)21(23)24/h5-8,11-13H,3-4,9-10H2,1-2H3,(H,20,22). The molecule has 0 fully saturated rings. The van der Waals surface area contributed by atoms with E-state index >= 15 is 0 Å². The average Bonchev–Trinajstić information content (AvgIpc) is 2.58. The van der Waals surface area contributed by atoms with Gasteiger partial charge in [-0.05, 0) is 50.5 Å². The Morgan fingerprint density at radius 3 is 2.48 bits per heavy atom. The summed E-state index contributed by atoms with van der Waals surface area (Å²) in [6, 6.07) is 12.2. The van der Waals surface area contributed by atoms with Crippen LogP contribution in [0.3, 0.4) is 0 Å². The Morgan fingerprint density at radius 2 is 1.80 bits per heavy atom. The van der Waals surface area contributed by atoms with Gasteiger partial charge < -0.3 is 10.1 Å². The van der Waals surface area contributed by atoms with Crippen LogP contribution in [0.5, 0.6) is 5.75 Å². The monoisotopic (exact) mass is 342 g/mol. The van der Waals surface area contributed by atoms with Crippen molar-refractivity contribution in [2.45, 2.75) is 26.7 Å². The number of rotatable bonds is 8. The Balaban J connectivity index is 1.72. The van der Waals surface area contributed by atoms with Crippen LogP contribution < -0.4 is 10.1 Å². The molecular formula is C19H22N2O4. The van der Waals surface area contributed by atoms with Gasteiger partial charge in [-0.3, -0.25) is 14.9 Å². The number of unbranched alkanes of at least 4 members (excludes halogenated alkanes) is 1. The van der Waals surface area contributed by atoms with E-state index < -0.39 is 4.92 Å². The number of nitrogens with one attached hydrogen (secondary N) is 1. The molecule has 2 aromatic carbocycles. The van der Waals surface area contributed by atoms with Gasteiger partial charge in [0.1, 0.15) is 5.75 Å². The number of nitro benzene ring substituents is 1. The number of non-ortho nitro benzene ring substituents is 1. The molecule has 0 aliphatic heterocycles. The van der Waals surface area contributed by atoms with Gasteiger partial charge >= 0.3 is 0 Å². The van der Waals surface area contributed by atoms with Gasteiger partial charge in [0.15, 0.2) is 0 Å². The van der Waals surface area contributed by atoms with Crippen molar-refractivity contribution in [3.63, 3.8) is 0 Å². The number of ether oxygens (including phenoxy) is 1. The number of hydrogen-bond acceptors (Lipinski definition) is 4. The maximum atomic E-state index is 12.1. The minimum absolute atomic E-state index is 0.0725. The average molecular weight is 342 g/mol. The van der Waals surface area contributed by atoms with Crippen molar-refractivity contribution >= 4 is 11.6 Å². The van der Waals surface area contributed by atoms with Crippen molar-refractivity contribution in [1.82, 2.24) is 5.32 Å². The summed E-state index contributed by atoms with van der Waals surface area (Å²) in [5, 5.41) is 13.6. The summed E-state index contributed by atoms with van der Waals surface area (Å²) in [5.41, 5.74) is 2.11. The summed E-state index contributed by atoms with van der Waals surface area (Å²) in [4.78, 5) is 22.5. The van der Waals surface area contributed by atoms with Crippen molar-refractivity contribution in [1.29, 1.82) is 0 Å². The Bertz CT molecular complexity index is 742. The van der Waals surface area contributed by atoms with Gasteiger partial charge in [0.2, 0.25) is 0 Å². The maximum absolute atomic E-state index is 12.1. The summed E-state index contributed by atoms with van der Waals surface area (Å²) < 4.78 is 5.62. The predicted molar refractivity (Wildman–Crippen MR) is 96.1 cm³/mol. The molecule has 6 nitrogen and oxygen atoms in total. The van der Waals surface area contributed by atoms with E-state index in [1.54, 1.807) is 13.0 Å². The molecule has 2 aromatic rings. The lowest BCUT2D eigenvalue weighted by Crippen LogP contribution is -2.24. The molecule has 0 atom stereocenters. The molecule has 0 saturated carbocycles. The molecule has 0 bridgehead atoms. The molecule has 1 amide bonds. The molecule has 1 N–H and O–H groups in total. The van der Waals surface area contributed by atoms with Crippen molar-refractivity contribution < 1.29 is 14.5 Å². The number of amides is 1. The van der Waals surface area contributed by atoms with E-state index in [0.29, 0.717) is 24.3 Å². The molecule has 0 unspecified atom stereocenters. The number of benzene rings is 2. The van der Waals surface area contributed by atoms with Crippen molar-refractivity contribution in [3.8, 4) is 5.75 Å². The van der Waals surface area contributed by atoms with Gasteiger partial charge in [-0.1, -0.05) is 17.7 Å². The van der Waals surface area contributed by atoms with Crippen LogP contribution in [0, 0.1) is 24.0 Å². The van der Waals surface area contributed by atoms with Crippen LogP contribution in [-0.2, 0) is 0 Å². The summed E-state index contributed by atoms with van der Waals surface area (Å²) in [6.45, 7) is 4.83. The summed E-state index contributed by atoms with van der Waals surface area (Å²) in [5.74, 6) is 0.535.